The van der Waals surface area contributed by atoms with Gasteiger partial charge in [0.05, 0.1) is 5.56 Å². The average molecular weight is 350 g/mol. The van der Waals surface area contributed by atoms with Crippen LogP contribution in [0.2, 0.25) is 0 Å². The van der Waals surface area contributed by atoms with E-state index >= 15 is 0 Å². The largest absolute Gasteiger partial charge is 0.336 e. The zero-order chi connectivity index (χ0) is 17.9. The summed E-state index contributed by atoms with van der Waals surface area (Å²) in [6.45, 7) is 7.59. The van der Waals surface area contributed by atoms with Gasteiger partial charge in [-0.1, -0.05) is 25.1 Å². The number of likely N-dealkylation sites (N-methyl/N-ethyl adjacent to an activating group) is 1. The quantitative estimate of drug-likeness (QED) is 0.853. The summed E-state index contributed by atoms with van der Waals surface area (Å²) in [4.78, 5) is 24.4. The van der Waals surface area contributed by atoms with Crippen molar-refractivity contribution in [2.24, 2.45) is 0 Å². The van der Waals surface area contributed by atoms with Crippen molar-refractivity contribution in [2.45, 2.75) is 19.8 Å². The molecule has 0 aliphatic carbocycles. The Labute approximate surface area is 155 Å². The molecule has 3 heterocycles. The Bertz CT molecular complexity index is 783. The molecule has 4 rings (SSSR count). The first-order valence-electron chi connectivity index (χ1n) is 9.60. The van der Waals surface area contributed by atoms with Crippen LogP contribution in [0.25, 0.3) is 0 Å². The highest BCUT2D eigenvalue weighted by Crippen LogP contribution is 2.34. The van der Waals surface area contributed by atoms with Crippen LogP contribution in [0.1, 0.15) is 29.3 Å². The van der Waals surface area contributed by atoms with E-state index in [1.807, 2.05) is 17.0 Å². The van der Waals surface area contributed by atoms with Crippen LogP contribution in [-0.2, 0) is 6.42 Å². The fourth-order valence-corrected chi connectivity index (χ4v) is 3.97. The number of hydrogen-bond donors (Lipinski definition) is 0. The topological polar surface area (TPSA) is 39.7 Å². The highest BCUT2D eigenvalue weighted by Gasteiger charge is 2.27. The van der Waals surface area contributed by atoms with E-state index in [9.17, 15) is 4.79 Å². The normalized spacial score (nSPS) is 17.9. The fraction of sp³-hybridized carbons (Fsp3) is 0.429. The summed E-state index contributed by atoms with van der Waals surface area (Å²) >= 11 is 0. The van der Waals surface area contributed by atoms with Crippen molar-refractivity contribution < 1.29 is 4.79 Å². The first-order chi connectivity index (χ1) is 12.8. The van der Waals surface area contributed by atoms with Crippen molar-refractivity contribution in [3.63, 3.8) is 0 Å². The van der Waals surface area contributed by atoms with Gasteiger partial charge in [0.25, 0.3) is 5.91 Å². The standard InChI is InChI=1S/C21H26N4O/c1-2-23-13-15-24(16-14-23)21(26)18-9-5-11-22-20(18)25-12-6-8-17-7-3-4-10-19(17)25/h3-5,7,9-11H,2,6,8,12-16H2,1H3. The Kier molecular flexibility index (Phi) is 4.89. The molecule has 5 heteroatoms. The number of fused-ring (bicyclic) bond motifs is 1. The molecule has 0 N–H and O–H groups in total. The van der Waals surface area contributed by atoms with Crippen molar-refractivity contribution in [2.75, 3.05) is 44.2 Å². The SMILES string of the molecule is CCN1CCN(C(=O)c2cccnc2N2CCCc3ccccc32)CC1. The molecule has 0 unspecified atom stereocenters. The van der Waals surface area contributed by atoms with E-state index in [4.69, 9.17) is 0 Å². The number of aromatic nitrogens is 1. The Morgan fingerprint density at radius 3 is 2.65 bits per heavy atom. The Balaban J connectivity index is 1.63. The molecule has 136 valence electrons. The van der Waals surface area contributed by atoms with Gasteiger partial charge in [-0.15, -0.1) is 0 Å². The molecule has 0 bridgehead atoms. The number of amides is 1. The van der Waals surface area contributed by atoms with Gasteiger partial charge in [-0.05, 0) is 43.1 Å². The predicted octanol–water partition coefficient (Wildman–Crippen LogP) is 2.94. The number of carbonyl (C=O) groups is 1. The molecule has 1 saturated heterocycles. The number of hydrogen-bond acceptors (Lipinski definition) is 4. The number of nitrogens with zero attached hydrogens (tertiary/aromatic N) is 4. The third-order valence-electron chi connectivity index (χ3n) is 5.49. The van der Waals surface area contributed by atoms with E-state index < -0.39 is 0 Å². The van der Waals surface area contributed by atoms with E-state index in [0.29, 0.717) is 5.56 Å². The minimum Gasteiger partial charge on any atom is -0.336 e. The molecule has 2 aliphatic rings. The van der Waals surface area contributed by atoms with E-state index in [1.165, 1.54) is 11.3 Å². The number of rotatable bonds is 3. The number of pyridine rings is 1. The minimum absolute atomic E-state index is 0.104. The van der Waals surface area contributed by atoms with Gasteiger partial charge in [0.15, 0.2) is 0 Å². The predicted molar refractivity (Wildman–Crippen MR) is 104 cm³/mol. The van der Waals surface area contributed by atoms with Crippen molar-refractivity contribution >= 4 is 17.4 Å². The smallest absolute Gasteiger partial charge is 0.257 e. The summed E-state index contributed by atoms with van der Waals surface area (Å²) in [6, 6.07) is 12.3. The molecule has 0 atom stereocenters. The summed E-state index contributed by atoms with van der Waals surface area (Å²) in [6.07, 6.45) is 3.95. The summed E-state index contributed by atoms with van der Waals surface area (Å²) in [5.74, 6) is 0.898. The second-order valence-corrected chi connectivity index (χ2v) is 6.98. The number of para-hydroxylation sites is 1. The van der Waals surface area contributed by atoms with Crippen molar-refractivity contribution in [1.29, 1.82) is 0 Å². The number of carbonyl (C=O) groups excluding carboxylic acids is 1. The molecule has 2 aromatic rings. The van der Waals surface area contributed by atoms with Crippen molar-refractivity contribution in [1.82, 2.24) is 14.8 Å². The molecule has 5 nitrogen and oxygen atoms in total. The molecule has 0 radical (unpaired) electrons. The molecule has 26 heavy (non-hydrogen) atoms. The van der Waals surface area contributed by atoms with E-state index in [0.717, 1.165) is 57.9 Å². The minimum atomic E-state index is 0.104. The maximum Gasteiger partial charge on any atom is 0.257 e. The van der Waals surface area contributed by atoms with Gasteiger partial charge in [-0.2, -0.15) is 0 Å². The number of benzene rings is 1. The second kappa shape index (κ2) is 7.46. The van der Waals surface area contributed by atoms with Crippen LogP contribution in [0, 0.1) is 0 Å². The van der Waals surface area contributed by atoms with Crippen LogP contribution in [0.3, 0.4) is 0 Å². The molecule has 0 saturated carbocycles. The molecule has 1 amide bonds. The van der Waals surface area contributed by atoms with Gasteiger partial charge in [0, 0.05) is 44.6 Å². The Hall–Kier alpha value is -2.40. The Morgan fingerprint density at radius 1 is 1.04 bits per heavy atom. The average Bonchev–Trinajstić information content (AvgIpc) is 2.73. The van der Waals surface area contributed by atoms with E-state index in [-0.39, 0.29) is 5.91 Å². The van der Waals surface area contributed by atoms with Crippen molar-refractivity contribution in [3.05, 3.63) is 53.7 Å². The van der Waals surface area contributed by atoms with E-state index in [2.05, 4.69) is 46.0 Å². The lowest BCUT2D eigenvalue weighted by atomic mass is 10.0. The number of anilines is 2. The van der Waals surface area contributed by atoms with Gasteiger partial charge in [0.2, 0.25) is 0 Å². The van der Waals surface area contributed by atoms with Crippen LogP contribution >= 0.6 is 0 Å². The Morgan fingerprint density at radius 2 is 1.85 bits per heavy atom. The van der Waals surface area contributed by atoms with Gasteiger partial charge in [0.1, 0.15) is 5.82 Å². The molecule has 1 aromatic heterocycles. The van der Waals surface area contributed by atoms with E-state index in [1.54, 1.807) is 6.20 Å². The lowest BCUT2D eigenvalue weighted by Crippen LogP contribution is -2.48. The number of piperazine rings is 1. The lowest BCUT2D eigenvalue weighted by molar-refractivity contribution is 0.0643. The molecular weight excluding hydrogens is 324 g/mol. The molecule has 1 aromatic carbocycles. The first kappa shape index (κ1) is 17.0. The fourth-order valence-electron chi connectivity index (χ4n) is 3.97. The van der Waals surface area contributed by atoms with Crippen LogP contribution < -0.4 is 4.90 Å². The third kappa shape index (κ3) is 3.19. The third-order valence-corrected chi connectivity index (χ3v) is 5.49. The summed E-state index contributed by atoms with van der Waals surface area (Å²) in [5.41, 5.74) is 3.23. The molecule has 2 aliphatic heterocycles. The van der Waals surface area contributed by atoms with Gasteiger partial charge in [-0.3, -0.25) is 4.79 Å². The molecule has 1 fully saturated rings. The monoisotopic (exact) mass is 350 g/mol. The van der Waals surface area contributed by atoms with Crippen molar-refractivity contribution in [3.8, 4) is 0 Å². The summed E-state index contributed by atoms with van der Waals surface area (Å²) in [5, 5.41) is 0. The van der Waals surface area contributed by atoms with Gasteiger partial charge in [-0.25, -0.2) is 4.98 Å². The molecule has 0 spiro atoms. The summed E-state index contributed by atoms with van der Waals surface area (Å²) < 4.78 is 0. The zero-order valence-electron chi connectivity index (χ0n) is 15.4. The first-order valence-corrected chi connectivity index (χ1v) is 9.60. The lowest BCUT2D eigenvalue weighted by Gasteiger charge is -2.35. The van der Waals surface area contributed by atoms with Gasteiger partial charge >= 0.3 is 0 Å². The zero-order valence-corrected chi connectivity index (χ0v) is 15.4. The highest BCUT2D eigenvalue weighted by atomic mass is 16.2. The maximum atomic E-state index is 13.2. The summed E-state index contributed by atoms with van der Waals surface area (Å²) in [7, 11) is 0. The number of aryl methyl sites for hydroxylation is 1. The second-order valence-electron chi connectivity index (χ2n) is 6.98. The van der Waals surface area contributed by atoms with Crippen LogP contribution in [0.15, 0.2) is 42.6 Å². The maximum absolute atomic E-state index is 13.2. The van der Waals surface area contributed by atoms with Gasteiger partial charge < -0.3 is 14.7 Å². The van der Waals surface area contributed by atoms with Crippen LogP contribution in [0.5, 0.6) is 0 Å². The molecular formula is C21H26N4O. The van der Waals surface area contributed by atoms with Crippen LogP contribution in [-0.4, -0.2) is 60.0 Å². The highest BCUT2D eigenvalue weighted by molar-refractivity contribution is 5.99. The van der Waals surface area contributed by atoms with Crippen LogP contribution in [0.4, 0.5) is 11.5 Å².